The van der Waals surface area contributed by atoms with Gasteiger partial charge in [0.25, 0.3) is 0 Å². The minimum atomic E-state index is 0.322. The molecule has 20 heavy (non-hydrogen) atoms. The minimum Gasteiger partial charge on any atom is -0.487 e. The number of benzene rings is 1. The van der Waals surface area contributed by atoms with Crippen molar-refractivity contribution in [2.75, 3.05) is 7.05 Å². The lowest BCUT2D eigenvalue weighted by Gasteiger charge is -2.19. The molecule has 0 bridgehead atoms. The van der Waals surface area contributed by atoms with Crippen molar-refractivity contribution < 1.29 is 4.74 Å². The molecule has 0 radical (unpaired) electrons. The Kier molecular flexibility index (Phi) is 5.18. The Hall–Kier alpha value is -1.81. The number of para-hydroxylation sites is 1. The maximum Gasteiger partial charge on any atom is 0.130 e. The third-order valence-corrected chi connectivity index (χ3v) is 3.57. The van der Waals surface area contributed by atoms with E-state index in [0.717, 1.165) is 24.4 Å². The monoisotopic (exact) mass is 273 g/mol. The van der Waals surface area contributed by atoms with Crippen LogP contribution in [0.1, 0.15) is 37.6 Å². The van der Waals surface area contributed by atoms with E-state index in [1.807, 2.05) is 31.7 Å². The maximum atomic E-state index is 6.01. The zero-order valence-electron chi connectivity index (χ0n) is 12.5. The van der Waals surface area contributed by atoms with Crippen LogP contribution in [0.4, 0.5) is 0 Å². The zero-order chi connectivity index (χ0) is 14.4. The molecule has 0 spiro atoms. The number of ether oxygens (including phenoxy) is 1. The number of rotatable bonds is 7. The van der Waals surface area contributed by atoms with Gasteiger partial charge in [0, 0.05) is 18.2 Å². The van der Waals surface area contributed by atoms with E-state index in [9.17, 15) is 0 Å². The zero-order valence-corrected chi connectivity index (χ0v) is 12.5. The predicted octanol–water partition coefficient (Wildman–Crippen LogP) is 3.15. The Morgan fingerprint density at radius 2 is 2.10 bits per heavy atom. The van der Waals surface area contributed by atoms with Crippen LogP contribution in [-0.2, 0) is 13.2 Å². The van der Waals surface area contributed by atoms with Crippen LogP contribution in [-0.4, -0.2) is 16.6 Å². The molecule has 0 aliphatic carbocycles. The lowest BCUT2D eigenvalue weighted by atomic mass is 10.0. The third kappa shape index (κ3) is 3.20. The van der Waals surface area contributed by atoms with Gasteiger partial charge in [0.2, 0.25) is 0 Å². The summed E-state index contributed by atoms with van der Waals surface area (Å²) in [6.07, 6.45) is 4.73. The van der Waals surface area contributed by atoms with E-state index in [-0.39, 0.29) is 0 Å². The van der Waals surface area contributed by atoms with Crippen LogP contribution in [0.2, 0.25) is 0 Å². The van der Waals surface area contributed by atoms with E-state index in [1.165, 1.54) is 5.56 Å². The molecule has 0 amide bonds. The first-order valence-electron chi connectivity index (χ1n) is 7.18. The molecule has 1 aromatic carbocycles. The molecule has 1 N–H and O–H groups in total. The van der Waals surface area contributed by atoms with E-state index in [1.54, 1.807) is 0 Å². The molecule has 0 aliphatic rings. The number of hydrogen-bond acceptors (Lipinski definition) is 3. The number of aryl methyl sites for hydroxylation is 1. The van der Waals surface area contributed by atoms with Crippen LogP contribution in [0.25, 0.3) is 0 Å². The van der Waals surface area contributed by atoms with Crippen molar-refractivity contribution in [3.63, 3.8) is 0 Å². The van der Waals surface area contributed by atoms with Gasteiger partial charge in [-0.05, 0) is 26.5 Å². The van der Waals surface area contributed by atoms with Crippen LogP contribution in [0, 0.1) is 0 Å². The van der Waals surface area contributed by atoms with Gasteiger partial charge in [-0.3, -0.25) is 0 Å². The Balaban J connectivity index is 2.13. The molecule has 1 unspecified atom stereocenters. The van der Waals surface area contributed by atoms with E-state index >= 15 is 0 Å². The number of aromatic nitrogens is 2. The molecule has 0 fully saturated rings. The summed E-state index contributed by atoms with van der Waals surface area (Å²) in [7, 11) is 1.98. The van der Waals surface area contributed by atoms with Crippen LogP contribution in [0.15, 0.2) is 36.8 Å². The topological polar surface area (TPSA) is 39.1 Å². The van der Waals surface area contributed by atoms with E-state index in [0.29, 0.717) is 12.6 Å². The summed E-state index contributed by atoms with van der Waals surface area (Å²) < 4.78 is 8.10. The van der Waals surface area contributed by atoms with E-state index in [2.05, 4.69) is 40.8 Å². The molecule has 1 atom stereocenters. The largest absolute Gasteiger partial charge is 0.487 e. The van der Waals surface area contributed by atoms with Gasteiger partial charge >= 0.3 is 0 Å². The maximum absolute atomic E-state index is 6.01. The van der Waals surface area contributed by atoms with E-state index in [4.69, 9.17) is 4.74 Å². The lowest BCUT2D eigenvalue weighted by molar-refractivity contribution is 0.289. The Bertz CT molecular complexity index is 532. The first kappa shape index (κ1) is 14.6. The van der Waals surface area contributed by atoms with Gasteiger partial charge in [-0.15, -0.1) is 0 Å². The van der Waals surface area contributed by atoms with Gasteiger partial charge in [-0.2, -0.15) is 0 Å². The Morgan fingerprint density at radius 1 is 1.30 bits per heavy atom. The van der Waals surface area contributed by atoms with Gasteiger partial charge in [-0.1, -0.05) is 25.1 Å². The van der Waals surface area contributed by atoms with Crippen molar-refractivity contribution in [2.45, 2.75) is 39.5 Å². The van der Waals surface area contributed by atoms with Crippen LogP contribution in [0.5, 0.6) is 5.75 Å². The SMILES string of the molecule is CCC(NC)c1ccccc1OCc1cncn1CC. The normalized spacial score (nSPS) is 12.3. The molecule has 0 saturated carbocycles. The van der Waals surface area contributed by atoms with Gasteiger partial charge in [0.15, 0.2) is 0 Å². The molecular formula is C16H23N3O. The average Bonchev–Trinajstić information content (AvgIpc) is 2.95. The highest BCUT2D eigenvalue weighted by atomic mass is 16.5. The molecular weight excluding hydrogens is 250 g/mol. The van der Waals surface area contributed by atoms with Gasteiger partial charge in [0.1, 0.15) is 12.4 Å². The molecule has 0 saturated heterocycles. The highest BCUT2D eigenvalue weighted by Crippen LogP contribution is 2.27. The van der Waals surface area contributed by atoms with Crippen molar-refractivity contribution in [3.05, 3.63) is 48.0 Å². The third-order valence-electron chi connectivity index (χ3n) is 3.57. The van der Waals surface area contributed by atoms with Crippen LogP contribution < -0.4 is 10.1 Å². The Labute approximate surface area is 120 Å². The minimum absolute atomic E-state index is 0.322. The van der Waals surface area contributed by atoms with Crippen LogP contribution in [0.3, 0.4) is 0 Å². The summed E-state index contributed by atoms with van der Waals surface area (Å²) in [6, 6.07) is 8.54. The molecule has 2 rings (SSSR count). The molecule has 0 aliphatic heterocycles. The summed E-state index contributed by atoms with van der Waals surface area (Å²) in [5.41, 5.74) is 2.31. The smallest absolute Gasteiger partial charge is 0.130 e. The standard InChI is InChI=1S/C16H23N3O/c1-4-15(17-3)14-8-6-7-9-16(14)20-11-13-10-18-12-19(13)5-2/h6-10,12,15,17H,4-5,11H2,1-3H3. The number of nitrogens with zero attached hydrogens (tertiary/aromatic N) is 2. The lowest BCUT2D eigenvalue weighted by Crippen LogP contribution is -2.16. The Morgan fingerprint density at radius 3 is 2.80 bits per heavy atom. The first-order chi connectivity index (χ1) is 9.80. The highest BCUT2D eigenvalue weighted by Gasteiger charge is 2.12. The van der Waals surface area contributed by atoms with Crippen LogP contribution >= 0.6 is 0 Å². The summed E-state index contributed by atoms with van der Waals surface area (Å²) >= 11 is 0. The van der Waals surface area contributed by atoms with Crippen molar-refractivity contribution in [3.8, 4) is 5.75 Å². The molecule has 108 valence electrons. The fourth-order valence-corrected chi connectivity index (χ4v) is 2.38. The quantitative estimate of drug-likeness (QED) is 0.842. The molecule has 1 aromatic heterocycles. The molecule has 2 aromatic rings. The van der Waals surface area contributed by atoms with E-state index < -0.39 is 0 Å². The summed E-state index contributed by atoms with van der Waals surface area (Å²) in [5.74, 6) is 0.942. The second-order valence-electron chi connectivity index (χ2n) is 4.75. The average molecular weight is 273 g/mol. The van der Waals surface area contributed by atoms with Crippen molar-refractivity contribution in [1.29, 1.82) is 0 Å². The van der Waals surface area contributed by atoms with Crippen molar-refractivity contribution >= 4 is 0 Å². The first-order valence-corrected chi connectivity index (χ1v) is 7.18. The number of imidazole rings is 1. The van der Waals surface area contributed by atoms with Crippen molar-refractivity contribution in [1.82, 2.24) is 14.9 Å². The predicted molar refractivity (Wildman–Crippen MR) is 80.8 cm³/mol. The van der Waals surface area contributed by atoms with Gasteiger partial charge in [-0.25, -0.2) is 4.98 Å². The summed E-state index contributed by atoms with van der Waals surface area (Å²) in [5, 5.41) is 3.33. The van der Waals surface area contributed by atoms with Gasteiger partial charge < -0.3 is 14.6 Å². The fourth-order valence-electron chi connectivity index (χ4n) is 2.38. The van der Waals surface area contributed by atoms with Crippen molar-refractivity contribution in [2.24, 2.45) is 0 Å². The summed E-state index contributed by atoms with van der Waals surface area (Å²) in [6.45, 7) is 5.73. The number of hydrogen-bond donors (Lipinski definition) is 1. The van der Waals surface area contributed by atoms with Gasteiger partial charge in [0.05, 0.1) is 18.2 Å². The fraction of sp³-hybridized carbons (Fsp3) is 0.438. The second kappa shape index (κ2) is 7.10. The second-order valence-corrected chi connectivity index (χ2v) is 4.75. The number of nitrogens with one attached hydrogen (secondary N) is 1. The highest BCUT2D eigenvalue weighted by molar-refractivity contribution is 5.36. The molecule has 1 heterocycles. The molecule has 4 heteroatoms. The molecule has 4 nitrogen and oxygen atoms in total. The summed E-state index contributed by atoms with van der Waals surface area (Å²) in [4.78, 5) is 4.17.